The van der Waals surface area contributed by atoms with Crippen LogP contribution in [0, 0.1) is 5.92 Å². The van der Waals surface area contributed by atoms with Crippen molar-refractivity contribution in [2.45, 2.75) is 76.2 Å². The van der Waals surface area contributed by atoms with Crippen LogP contribution in [0.2, 0.25) is 0 Å². The smallest absolute Gasteiger partial charge is 0.248 e. The lowest BCUT2D eigenvalue weighted by Crippen LogP contribution is -2.37. The maximum atomic E-state index is 13.1. The first kappa shape index (κ1) is 14.0. The minimum atomic E-state index is -2.44. The summed E-state index contributed by atoms with van der Waals surface area (Å²) in [5, 5.41) is 0. The zero-order valence-electron chi connectivity index (χ0n) is 11.1. The maximum Gasteiger partial charge on any atom is 0.248 e. The summed E-state index contributed by atoms with van der Waals surface area (Å²) in [6, 6.07) is 0.0270. The lowest BCUT2D eigenvalue weighted by Gasteiger charge is -2.33. The molecule has 104 valence electrons. The summed E-state index contributed by atoms with van der Waals surface area (Å²) in [4.78, 5) is 0. The molecular formula is C15H25F2N. The van der Waals surface area contributed by atoms with Crippen molar-refractivity contribution < 1.29 is 8.78 Å². The standard InChI is InChI=1S/C15H25F2N/c16-15(17)10-8-13(9-11-15)14(18)12-6-4-2-1-3-5-7-12/h6,13-14H,1-5,7-11,18H2. The van der Waals surface area contributed by atoms with Crippen LogP contribution >= 0.6 is 0 Å². The van der Waals surface area contributed by atoms with E-state index in [0.29, 0.717) is 12.8 Å². The number of hydrogen-bond donors (Lipinski definition) is 1. The van der Waals surface area contributed by atoms with Crippen molar-refractivity contribution in [2.75, 3.05) is 0 Å². The van der Waals surface area contributed by atoms with Crippen molar-refractivity contribution in [3.05, 3.63) is 11.6 Å². The van der Waals surface area contributed by atoms with E-state index >= 15 is 0 Å². The van der Waals surface area contributed by atoms with Crippen LogP contribution in [-0.2, 0) is 0 Å². The molecule has 2 aliphatic carbocycles. The van der Waals surface area contributed by atoms with Gasteiger partial charge in [-0.25, -0.2) is 8.78 Å². The van der Waals surface area contributed by atoms with E-state index in [-0.39, 0.29) is 24.8 Å². The van der Waals surface area contributed by atoms with Gasteiger partial charge < -0.3 is 5.73 Å². The van der Waals surface area contributed by atoms with Crippen LogP contribution in [0.1, 0.15) is 64.2 Å². The molecule has 18 heavy (non-hydrogen) atoms. The number of hydrogen-bond acceptors (Lipinski definition) is 1. The van der Waals surface area contributed by atoms with Crippen LogP contribution in [0.15, 0.2) is 11.6 Å². The summed E-state index contributed by atoms with van der Waals surface area (Å²) in [5.74, 6) is -2.17. The van der Waals surface area contributed by atoms with Gasteiger partial charge in [-0.15, -0.1) is 0 Å². The van der Waals surface area contributed by atoms with Crippen LogP contribution in [0.4, 0.5) is 8.78 Å². The van der Waals surface area contributed by atoms with E-state index in [4.69, 9.17) is 5.73 Å². The van der Waals surface area contributed by atoms with E-state index in [9.17, 15) is 8.78 Å². The number of alkyl halides is 2. The third-order valence-electron chi connectivity index (χ3n) is 4.52. The number of allylic oxidation sites excluding steroid dienone is 1. The fraction of sp³-hybridized carbons (Fsp3) is 0.867. The lowest BCUT2D eigenvalue weighted by molar-refractivity contribution is -0.0471. The van der Waals surface area contributed by atoms with Crippen molar-refractivity contribution in [3.63, 3.8) is 0 Å². The van der Waals surface area contributed by atoms with Gasteiger partial charge in [0.25, 0.3) is 0 Å². The van der Waals surface area contributed by atoms with Crippen molar-refractivity contribution in [3.8, 4) is 0 Å². The van der Waals surface area contributed by atoms with Gasteiger partial charge in [-0.2, -0.15) is 0 Å². The van der Waals surface area contributed by atoms with Gasteiger partial charge in [0.2, 0.25) is 5.92 Å². The Balaban J connectivity index is 1.91. The zero-order valence-corrected chi connectivity index (χ0v) is 11.1. The van der Waals surface area contributed by atoms with Crippen LogP contribution in [-0.4, -0.2) is 12.0 Å². The third kappa shape index (κ3) is 3.78. The van der Waals surface area contributed by atoms with E-state index in [1.165, 1.54) is 31.3 Å². The van der Waals surface area contributed by atoms with Gasteiger partial charge >= 0.3 is 0 Å². The molecule has 0 spiro atoms. The van der Waals surface area contributed by atoms with Gasteiger partial charge in [0.1, 0.15) is 0 Å². The van der Waals surface area contributed by atoms with Gasteiger partial charge in [-0.1, -0.05) is 24.5 Å². The van der Waals surface area contributed by atoms with Gasteiger partial charge in [0, 0.05) is 18.9 Å². The molecule has 1 fully saturated rings. The average molecular weight is 257 g/mol. The average Bonchev–Trinajstić information content (AvgIpc) is 2.27. The summed E-state index contributed by atoms with van der Waals surface area (Å²) >= 11 is 0. The molecule has 0 aromatic carbocycles. The second-order valence-electron chi connectivity index (χ2n) is 5.95. The fourth-order valence-electron chi connectivity index (χ4n) is 3.24. The normalized spacial score (nSPS) is 28.1. The summed E-state index contributed by atoms with van der Waals surface area (Å²) < 4.78 is 26.3. The van der Waals surface area contributed by atoms with Crippen LogP contribution in [0.5, 0.6) is 0 Å². The Hall–Kier alpha value is -0.440. The Morgan fingerprint density at radius 3 is 2.50 bits per heavy atom. The zero-order chi connectivity index (χ0) is 13.0. The topological polar surface area (TPSA) is 26.0 Å². The number of rotatable bonds is 2. The molecule has 0 heterocycles. The SMILES string of the molecule is NC(C1=CCCCCCC1)C1CCC(F)(F)CC1. The third-order valence-corrected chi connectivity index (χ3v) is 4.52. The molecule has 0 radical (unpaired) electrons. The first-order chi connectivity index (χ1) is 8.58. The van der Waals surface area contributed by atoms with Crippen LogP contribution in [0.3, 0.4) is 0 Å². The van der Waals surface area contributed by atoms with Crippen molar-refractivity contribution in [1.82, 2.24) is 0 Å². The van der Waals surface area contributed by atoms with E-state index in [1.54, 1.807) is 0 Å². The quantitative estimate of drug-likeness (QED) is 0.728. The molecular weight excluding hydrogens is 232 g/mol. The lowest BCUT2D eigenvalue weighted by atomic mass is 9.78. The molecule has 1 saturated carbocycles. The molecule has 0 bridgehead atoms. The predicted molar refractivity (Wildman–Crippen MR) is 70.7 cm³/mol. The van der Waals surface area contributed by atoms with Gasteiger partial charge in [0.15, 0.2) is 0 Å². The Morgan fingerprint density at radius 2 is 1.78 bits per heavy atom. The molecule has 2 N–H and O–H groups in total. The Bertz CT molecular complexity index is 289. The van der Waals surface area contributed by atoms with E-state index in [2.05, 4.69) is 6.08 Å². The highest BCUT2D eigenvalue weighted by Gasteiger charge is 2.37. The Kier molecular flexibility index (Phi) is 4.77. The first-order valence-electron chi connectivity index (χ1n) is 7.41. The molecule has 1 nitrogen and oxygen atoms in total. The largest absolute Gasteiger partial charge is 0.324 e. The van der Waals surface area contributed by atoms with Crippen molar-refractivity contribution in [1.29, 1.82) is 0 Å². The minimum absolute atomic E-state index is 0.0264. The number of nitrogens with two attached hydrogens (primary N) is 1. The minimum Gasteiger partial charge on any atom is -0.324 e. The van der Waals surface area contributed by atoms with Crippen molar-refractivity contribution in [2.24, 2.45) is 11.7 Å². The summed E-state index contributed by atoms with van der Waals surface area (Å²) in [6.07, 6.45) is 10.8. The van der Waals surface area contributed by atoms with Crippen molar-refractivity contribution >= 4 is 0 Å². The monoisotopic (exact) mass is 257 g/mol. The molecule has 3 heteroatoms. The molecule has 2 rings (SSSR count). The highest BCUT2D eigenvalue weighted by atomic mass is 19.3. The molecule has 0 amide bonds. The van der Waals surface area contributed by atoms with Gasteiger partial charge in [-0.05, 0) is 44.4 Å². The molecule has 1 atom stereocenters. The Morgan fingerprint density at radius 1 is 1.11 bits per heavy atom. The summed E-state index contributed by atoms with van der Waals surface area (Å²) in [6.45, 7) is 0. The van der Waals surface area contributed by atoms with Gasteiger partial charge in [-0.3, -0.25) is 0 Å². The second kappa shape index (κ2) is 6.14. The van der Waals surface area contributed by atoms with E-state index < -0.39 is 5.92 Å². The first-order valence-corrected chi connectivity index (χ1v) is 7.41. The second-order valence-corrected chi connectivity index (χ2v) is 5.95. The predicted octanol–water partition coefficient (Wildman–Crippen LogP) is 4.42. The van der Waals surface area contributed by atoms with Crippen LogP contribution in [0.25, 0.3) is 0 Å². The molecule has 0 aliphatic heterocycles. The summed E-state index contributed by atoms with van der Waals surface area (Å²) in [5.41, 5.74) is 7.66. The Labute approximate surface area is 109 Å². The highest BCUT2D eigenvalue weighted by Crippen LogP contribution is 2.38. The number of halogens is 2. The molecule has 2 aliphatic rings. The molecule has 0 aromatic heterocycles. The highest BCUT2D eigenvalue weighted by molar-refractivity contribution is 5.13. The molecule has 0 aromatic rings. The molecule has 1 unspecified atom stereocenters. The van der Waals surface area contributed by atoms with Gasteiger partial charge in [0.05, 0.1) is 0 Å². The van der Waals surface area contributed by atoms with E-state index in [1.807, 2.05) is 0 Å². The summed E-state index contributed by atoms with van der Waals surface area (Å²) in [7, 11) is 0. The molecule has 0 saturated heterocycles. The van der Waals surface area contributed by atoms with E-state index in [0.717, 1.165) is 12.8 Å². The van der Waals surface area contributed by atoms with Crippen LogP contribution < -0.4 is 5.73 Å². The fourth-order valence-corrected chi connectivity index (χ4v) is 3.24. The maximum absolute atomic E-state index is 13.1.